The van der Waals surface area contributed by atoms with E-state index >= 15 is 0 Å². The van der Waals surface area contributed by atoms with Crippen LogP contribution in [0.4, 0.5) is 0 Å². The number of hydrogen-bond donors (Lipinski definition) is 0. The fourth-order valence-corrected chi connectivity index (χ4v) is 3.56. The maximum atomic E-state index is 12.5. The quantitative estimate of drug-likeness (QED) is 0.743. The smallest absolute Gasteiger partial charge is 0.164 e. The van der Waals surface area contributed by atoms with Crippen molar-refractivity contribution in [2.45, 2.75) is 76.2 Å². The van der Waals surface area contributed by atoms with Gasteiger partial charge in [-0.2, -0.15) is 0 Å². The normalized spacial score (nSPS) is 25.7. The van der Waals surface area contributed by atoms with Gasteiger partial charge in [0.15, 0.2) is 5.78 Å². The van der Waals surface area contributed by atoms with E-state index in [1.54, 1.807) is 7.11 Å². The van der Waals surface area contributed by atoms with Gasteiger partial charge in [-0.15, -0.1) is 0 Å². The Labute approximate surface area is 105 Å². The highest BCUT2D eigenvalue weighted by Crippen LogP contribution is 2.35. The molecule has 2 rings (SSSR count). The average molecular weight is 238 g/mol. The first-order valence-corrected chi connectivity index (χ1v) is 7.35. The third-order valence-corrected chi connectivity index (χ3v) is 4.76. The number of ether oxygens (including phenoxy) is 1. The fraction of sp³-hybridized carbons (Fsp3) is 0.933. The van der Waals surface area contributed by atoms with E-state index in [1.807, 2.05) is 0 Å². The molecule has 2 fully saturated rings. The topological polar surface area (TPSA) is 26.3 Å². The fourth-order valence-electron chi connectivity index (χ4n) is 3.56. The van der Waals surface area contributed by atoms with E-state index in [1.165, 1.54) is 38.5 Å². The Morgan fingerprint density at radius 1 is 1.06 bits per heavy atom. The van der Waals surface area contributed by atoms with E-state index in [0.29, 0.717) is 11.7 Å². The lowest BCUT2D eigenvalue weighted by Gasteiger charge is -2.36. The minimum Gasteiger partial charge on any atom is -0.370 e. The summed E-state index contributed by atoms with van der Waals surface area (Å²) in [6.07, 6.45) is 12.8. The molecule has 17 heavy (non-hydrogen) atoms. The van der Waals surface area contributed by atoms with Crippen molar-refractivity contribution in [1.82, 2.24) is 0 Å². The molecule has 0 spiro atoms. The SMILES string of the molecule is COC1(C(=O)CC2CCCCC2)CCCCC1. The van der Waals surface area contributed by atoms with Gasteiger partial charge in [-0.25, -0.2) is 0 Å². The van der Waals surface area contributed by atoms with Gasteiger partial charge in [-0.3, -0.25) is 4.79 Å². The number of ketones is 1. The Bertz CT molecular complexity index is 248. The number of hydrogen-bond acceptors (Lipinski definition) is 2. The number of carbonyl (C=O) groups excluding carboxylic acids is 1. The maximum absolute atomic E-state index is 12.5. The van der Waals surface area contributed by atoms with E-state index in [4.69, 9.17) is 4.74 Å². The maximum Gasteiger partial charge on any atom is 0.164 e. The molecule has 0 heterocycles. The van der Waals surface area contributed by atoms with Gasteiger partial charge in [0.1, 0.15) is 5.60 Å². The molecule has 98 valence electrons. The van der Waals surface area contributed by atoms with Crippen LogP contribution in [0.1, 0.15) is 70.6 Å². The molecular formula is C15H26O2. The summed E-state index contributed by atoms with van der Waals surface area (Å²) in [6.45, 7) is 0. The summed E-state index contributed by atoms with van der Waals surface area (Å²) in [5, 5.41) is 0. The largest absolute Gasteiger partial charge is 0.370 e. The van der Waals surface area contributed by atoms with Gasteiger partial charge >= 0.3 is 0 Å². The number of rotatable bonds is 4. The van der Waals surface area contributed by atoms with Crippen molar-refractivity contribution in [2.75, 3.05) is 7.11 Å². The number of carbonyl (C=O) groups is 1. The summed E-state index contributed by atoms with van der Waals surface area (Å²) in [5.41, 5.74) is -0.407. The van der Waals surface area contributed by atoms with Crippen LogP contribution in [0, 0.1) is 5.92 Å². The lowest BCUT2D eigenvalue weighted by molar-refractivity contribution is -0.146. The molecule has 0 radical (unpaired) electrons. The molecule has 0 unspecified atom stereocenters. The second-order valence-corrected chi connectivity index (χ2v) is 5.89. The third kappa shape index (κ3) is 3.09. The first-order valence-electron chi connectivity index (χ1n) is 7.35. The lowest BCUT2D eigenvalue weighted by Crippen LogP contribution is -2.43. The first kappa shape index (κ1) is 13.1. The van der Waals surface area contributed by atoms with Gasteiger partial charge in [0.05, 0.1) is 0 Å². The Morgan fingerprint density at radius 2 is 1.65 bits per heavy atom. The highest BCUT2D eigenvalue weighted by Gasteiger charge is 2.39. The van der Waals surface area contributed by atoms with Gasteiger partial charge in [-0.1, -0.05) is 51.4 Å². The number of Topliss-reactive ketones (excluding diaryl/α,β-unsaturated/α-hetero) is 1. The summed E-state index contributed by atoms with van der Waals surface area (Å²) in [4.78, 5) is 12.5. The Balaban J connectivity index is 1.91. The van der Waals surface area contributed by atoms with Crippen LogP contribution in [-0.2, 0) is 9.53 Å². The molecule has 0 atom stereocenters. The zero-order valence-corrected chi connectivity index (χ0v) is 11.2. The van der Waals surface area contributed by atoms with Crippen LogP contribution >= 0.6 is 0 Å². The Hall–Kier alpha value is -0.370. The van der Waals surface area contributed by atoms with E-state index in [-0.39, 0.29) is 0 Å². The van der Waals surface area contributed by atoms with Crippen molar-refractivity contribution < 1.29 is 9.53 Å². The van der Waals surface area contributed by atoms with E-state index in [9.17, 15) is 4.79 Å². The predicted molar refractivity (Wildman–Crippen MR) is 69.0 cm³/mol. The molecule has 0 aromatic rings. The zero-order chi connectivity index (χ0) is 12.1. The van der Waals surface area contributed by atoms with Gasteiger partial charge in [0.25, 0.3) is 0 Å². The van der Waals surface area contributed by atoms with Crippen molar-refractivity contribution >= 4 is 5.78 Å². The van der Waals surface area contributed by atoms with Crippen LogP contribution in [0.5, 0.6) is 0 Å². The molecule has 0 aliphatic heterocycles. The average Bonchev–Trinajstić information content (AvgIpc) is 2.40. The summed E-state index contributed by atoms with van der Waals surface area (Å²) in [5.74, 6) is 1.04. The second-order valence-electron chi connectivity index (χ2n) is 5.89. The summed E-state index contributed by atoms with van der Waals surface area (Å²) in [7, 11) is 1.73. The summed E-state index contributed by atoms with van der Waals surface area (Å²) >= 11 is 0. The Morgan fingerprint density at radius 3 is 2.24 bits per heavy atom. The minimum absolute atomic E-state index is 0.395. The van der Waals surface area contributed by atoms with E-state index in [2.05, 4.69) is 0 Å². The molecule has 2 saturated carbocycles. The van der Waals surface area contributed by atoms with Crippen LogP contribution in [0.15, 0.2) is 0 Å². The first-order chi connectivity index (χ1) is 8.27. The standard InChI is InChI=1S/C15H26O2/c1-17-15(10-6-3-7-11-15)14(16)12-13-8-4-2-5-9-13/h13H,2-12H2,1H3. The molecule has 0 aromatic heterocycles. The van der Waals surface area contributed by atoms with Crippen molar-refractivity contribution in [1.29, 1.82) is 0 Å². The monoisotopic (exact) mass is 238 g/mol. The summed E-state index contributed by atoms with van der Waals surface area (Å²) < 4.78 is 5.63. The highest BCUT2D eigenvalue weighted by atomic mass is 16.5. The minimum atomic E-state index is -0.407. The third-order valence-electron chi connectivity index (χ3n) is 4.76. The molecular weight excluding hydrogens is 212 g/mol. The zero-order valence-electron chi connectivity index (χ0n) is 11.2. The van der Waals surface area contributed by atoms with Crippen LogP contribution in [0.3, 0.4) is 0 Å². The molecule has 2 aliphatic rings. The molecule has 2 nitrogen and oxygen atoms in total. The van der Waals surface area contributed by atoms with Crippen LogP contribution in [-0.4, -0.2) is 18.5 Å². The van der Waals surface area contributed by atoms with Crippen molar-refractivity contribution in [2.24, 2.45) is 5.92 Å². The van der Waals surface area contributed by atoms with Crippen molar-refractivity contribution in [3.63, 3.8) is 0 Å². The van der Waals surface area contributed by atoms with Crippen molar-refractivity contribution in [3.8, 4) is 0 Å². The summed E-state index contributed by atoms with van der Waals surface area (Å²) in [6, 6.07) is 0. The number of methoxy groups -OCH3 is 1. The second kappa shape index (κ2) is 5.99. The van der Waals surface area contributed by atoms with Gasteiger partial charge < -0.3 is 4.74 Å². The Kier molecular flexibility index (Phi) is 4.61. The van der Waals surface area contributed by atoms with Crippen LogP contribution in [0.25, 0.3) is 0 Å². The highest BCUT2D eigenvalue weighted by molar-refractivity contribution is 5.87. The molecule has 0 saturated heterocycles. The molecule has 0 N–H and O–H groups in total. The van der Waals surface area contributed by atoms with Gasteiger partial charge in [0, 0.05) is 13.5 Å². The van der Waals surface area contributed by atoms with Crippen molar-refractivity contribution in [3.05, 3.63) is 0 Å². The molecule has 2 heteroatoms. The lowest BCUT2D eigenvalue weighted by atomic mass is 9.76. The molecule has 0 aromatic carbocycles. The van der Waals surface area contributed by atoms with Gasteiger partial charge in [0.2, 0.25) is 0 Å². The molecule has 0 bridgehead atoms. The predicted octanol–water partition coefficient (Wildman–Crippen LogP) is 3.88. The molecule has 2 aliphatic carbocycles. The van der Waals surface area contributed by atoms with Gasteiger partial charge in [-0.05, 0) is 18.8 Å². The molecule has 0 amide bonds. The van der Waals surface area contributed by atoms with E-state index in [0.717, 1.165) is 32.1 Å². The van der Waals surface area contributed by atoms with Crippen LogP contribution in [0.2, 0.25) is 0 Å². The van der Waals surface area contributed by atoms with Crippen LogP contribution < -0.4 is 0 Å². The van der Waals surface area contributed by atoms with E-state index < -0.39 is 5.60 Å².